The molecular weight excluding hydrogens is 330 g/mol. The van der Waals surface area contributed by atoms with E-state index in [-0.39, 0.29) is 0 Å². The highest BCUT2D eigenvalue weighted by molar-refractivity contribution is 7.14. The van der Waals surface area contributed by atoms with Crippen LogP contribution in [0.25, 0.3) is 26.8 Å². The van der Waals surface area contributed by atoms with Gasteiger partial charge in [0.05, 0.1) is 5.10 Å². The van der Waals surface area contributed by atoms with Gasteiger partial charge in [-0.1, -0.05) is 24.3 Å². The van der Waals surface area contributed by atoms with Crippen molar-refractivity contribution in [3.05, 3.63) is 48.0 Å². The summed E-state index contributed by atoms with van der Waals surface area (Å²) in [6, 6.07) is 12.5. The molecule has 7 nitrogen and oxygen atoms in total. The molecule has 0 saturated heterocycles. The summed E-state index contributed by atoms with van der Waals surface area (Å²) in [5.41, 5.74) is 2.06. The Morgan fingerprint density at radius 2 is 1.68 bits per heavy atom. The molecule has 2 aromatic heterocycles. The van der Waals surface area contributed by atoms with E-state index in [2.05, 4.69) is 38.9 Å². The Hall–Kier alpha value is -1.94. The molecule has 2 aromatic carbocycles. The third-order valence-electron chi connectivity index (χ3n) is 2.96. The van der Waals surface area contributed by atoms with E-state index in [4.69, 9.17) is 18.6 Å². The largest absolute Gasteiger partial charge is 0.413 e. The van der Waals surface area contributed by atoms with Crippen LogP contribution in [0.2, 0.25) is 0 Å². The van der Waals surface area contributed by atoms with E-state index in [1.54, 1.807) is 11.3 Å². The maximum Gasteiger partial charge on any atom is 0.413 e. The predicted octanol–water partition coefficient (Wildman–Crippen LogP) is -2.17. The summed E-state index contributed by atoms with van der Waals surface area (Å²) < 4.78 is 36.1. The van der Waals surface area contributed by atoms with E-state index < -0.39 is 10.2 Å². The lowest BCUT2D eigenvalue weighted by Crippen LogP contribution is -2.68. The zero-order valence-corrected chi connectivity index (χ0v) is 12.5. The Balaban J connectivity index is 0.000000254. The van der Waals surface area contributed by atoms with Gasteiger partial charge < -0.3 is 0 Å². The Kier molecular flexibility index (Phi) is 3.87. The summed E-state index contributed by atoms with van der Waals surface area (Å²) in [7, 11) is -4.94. The van der Waals surface area contributed by atoms with Crippen molar-refractivity contribution >= 4 is 38.1 Å². The summed E-state index contributed by atoms with van der Waals surface area (Å²) in [6.45, 7) is 0. The molecule has 0 spiro atoms. The van der Waals surface area contributed by atoms with Crippen molar-refractivity contribution in [1.82, 2.24) is 10.2 Å². The number of halogens is 1. The van der Waals surface area contributed by atoms with Crippen LogP contribution in [-0.2, 0) is 0 Å². The molecule has 0 saturated carbocycles. The quantitative estimate of drug-likeness (QED) is 0.266. The van der Waals surface area contributed by atoms with Crippen LogP contribution in [0.3, 0.4) is 0 Å². The lowest BCUT2D eigenvalue weighted by atomic mass is 10.1. The first-order valence-corrected chi connectivity index (χ1v) is 8.10. The van der Waals surface area contributed by atoms with Gasteiger partial charge >= 0.3 is 4.96 Å². The highest BCUT2D eigenvalue weighted by Gasteiger charge is 2.13. The summed E-state index contributed by atoms with van der Waals surface area (Å²) in [4.78, 5) is 0.924. The second-order valence-corrected chi connectivity index (χ2v) is 5.92. The van der Waals surface area contributed by atoms with Crippen molar-refractivity contribution < 1.29 is 33.3 Å². The maximum absolute atomic E-state index is 8.49. The maximum atomic E-state index is 8.49. The number of thiazole rings is 1. The number of aromatic nitrogens is 3. The zero-order valence-electron chi connectivity index (χ0n) is 10.9. The minimum absolute atomic E-state index is 0.924. The Bertz CT molecular complexity index is 948. The molecule has 112 valence electrons. The van der Waals surface area contributed by atoms with E-state index in [0.29, 0.717) is 0 Å². The van der Waals surface area contributed by atoms with Crippen molar-refractivity contribution in [3.63, 3.8) is 0 Å². The molecule has 9 heteroatoms. The van der Waals surface area contributed by atoms with E-state index in [9.17, 15) is 0 Å². The molecule has 0 unspecified atom stereocenters. The van der Waals surface area contributed by atoms with Gasteiger partial charge in [-0.3, -0.25) is 0 Å². The number of benzene rings is 2. The van der Waals surface area contributed by atoms with Crippen LogP contribution < -0.4 is 23.0 Å². The average molecular weight is 338 g/mol. The van der Waals surface area contributed by atoms with Gasteiger partial charge in [-0.2, -0.15) is 4.40 Å². The van der Waals surface area contributed by atoms with E-state index in [1.165, 1.54) is 5.39 Å². The molecule has 0 N–H and O–H groups in total. The van der Waals surface area contributed by atoms with Crippen LogP contribution in [-0.4, -0.2) is 10.2 Å². The van der Waals surface area contributed by atoms with Crippen molar-refractivity contribution in [3.8, 4) is 0 Å². The van der Waals surface area contributed by atoms with Gasteiger partial charge in [-0.05, 0) is 34.0 Å². The molecule has 0 amide bonds. The monoisotopic (exact) mass is 337 g/mol. The molecule has 2 heterocycles. The van der Waals surface area contributed by atoms with Crippen LogP contribution in [0.15, 0.2) is 48.0 Å². The number of hydrogen-bond acceptors (Lipinski definition) is 7. The summed E-state index contributed by atoms with van der Waals surface area (Å²) in [5.74, 6) is 0. The van der Waals surface area contributed by atoms with Gasteiger partial charge in [0.2, 0.25) is 0 Å². The van der Waals surface area contributed by atoms with Gasteiger partial charge in [-0.15, -0.1) is 10.2 Å². The normalized spacial score (nSPS) is 11.6. The topological polar surface area (TPSA) is 122 Å². The van der Waals surface area contributed by atoms with E-state index in [0.717, 1.165) is 21.4 Å². The van der Waals surface area contributed by atoms with E-state index >= 15 is 0 Å². The van der Waals surface area contributed by atoms with Gasteiger partial charge in [0.1, 0.15) is 6.20 Å². The third-order valence-corrected chi connectivity index (χ3v) is 3.71. The highest BCUT2D eigenvalue weighted by atomic mass is 35.7. The smallest absolute Gasteiger partial charge is 0.222 e. The molecule has 0 aliphatic rings. The molecular formula is C13H8ClN3O4S. The summed E-state index contributed by atoms with van der Waals surface area (Å²) in [6.07, 6.45) is 2.03. The molecule has 4 rings (SSSR count). The van der Waals surface area contributed by atoms with Gasteiger partial charge in [-0.25, -0.2) is 18.6 Å². The first-order valence-electron chi connectivity index (χ1n) is 5.98. The molecule has 0 radical (unpaired) electrons. The molecule has 0 aliphatic heterocycles. The molecule has 4 aromatic rings. The van der Waals surface area contributed by atoms with Crippen LogP contribution in [0.1, 0.15) is 0 Å². The second-order valence-electron chi connectivity index (χ2n) is 4.29. The van der Waals surface area contributed by atoms with E-state index in [1.807, 2.05) is 23.7 Å². The van der Waals surface area contributed by atoms with Crippen molar-refractivity contribution in [2.24, 2.45) is 0 Å². The molecule has 22 heavy (non-hydrogen) atoms. The second kappa shape index (κ2) is 5.69. The third kappa shape index (κ3) is 3.12. The average Bonchev–Trinajstić information content (AvgIpc) is 2.93. The summed E-state index contributed by atoms with van der Waals surface area (Å²) >= 11 is 1.60. The molecule has 0 bridgehead atoms. The number of fused-ring (bicyclic) bond motifs is 5. The Morgan fingerprint density at radius 3 is 2.45 bits per heavy atom. The van der Waals surface area contributed by atoms with Crippen molar-refractivity contribution in [2.45, 2.75) is 0 Å². The van der Waals surface area contributed by atoms with Gasteiger partial charge in [0.15, 0.2) is 11.0 Å². The fourth-order valence-corrected chi connectivity index (χ4v) is 2.83. The Labute approximate surface area is 130 Å². The van der Waals surface area contributed by atoms with Gasteiger partial charge in [0.25, 0.3) is 0 Å². The van der Waals surface area contributed by atoms with Crippen LogP contribution in [0.5, 0.6) is 0 Å². The number of hydrogen-bond donors (Lipinski definition) is 0. The predicted molar refractivity (Wildman–Crippen MR) is 68.1 cm³/mol. The minimum Gasteiger partial charge on any atom is -0.222 e. The first-order chi connectivity index (χ1) is 10.4. The minimum atomic E-state index is -4.94. The van der Waals surface area contributed by atoms with Crippen LogP contribution in [0, 0.1) is 10.2 Å². The molecule has 0 aliphatic carbocycles. The fraction of sp³-hybridized carbons (Fsp3) is 0. The Morgan fingerprint density at radius 1 is 0.955 bits per heavy atom. The lowest BCUT2D eigenvalue weighted by molar-refractivity contribution is -2.00. The molecule has 0 fully saturated rings. The summed E-state index contributed by atoms with van der Waals surface area (Å²) in [5, 5.41) is 13.0. The van der Waals surface area contributed by atoms with Gasteiger partial charge in [0, 0.05) is 10.8 Å². The van der Waals surface area contributed by atoms with Crippen LogP contribution >= 0.6 is 11.3 Å². The van der Waals surface area contributed by atoms with Crippen molar-refractivity contribution in [1.29, 1.82) is 0 Å². The molecule has 0 atom stereocenters. The highest BCUT2D eigenvalue weighted by Crippen LogP contribution is 2.21. The zero-order chi connectivity index (χ0) is 15.7. The SMILES string of the molecule is [O-][Cl+3]([O-])([O-])[O-].c1ccc2c(c1)ccc1c2nnc2scc[n+]21. The lowest BCUT2D eigenvalue weighted by Gasteiger charge is -2.17. The number of rotatable bonds is 0. The van der Waals surface area contributed by atoms with Crippen molar-refractivity contribution in [2.75, 3.05) is 0 Å². The van der Waals surface area contributed by atoms with Crippen LogP contribution in [0.4, 0.5) is 0 Å². The fourth-order valence-electron chi connectivity index (χ4n) is 2.16. The first kappa shape index (κ1) is 15.0. The standard InChI is InChI=1S/C13H8N3S.ClHO4/c1-2-4-10-9(3-1)5-6-11-12(10)14-15-13-16(11)7-8-17-13;2-1(3,4)5/h1-8H;(H,2,3,4,5)/q+1;/p-1. The number of nitrogens with zero attached hydrogens (tertiary/aromatic N) is 3.